The number of rotatable bonds is 0. The summed E-state index contributed by atoms with van der Waals surface area (Å²) in [4.78, 5) is 0. The van der Waals surface area contributed by atoms with Crippen molar-refractivity contribution in [2.45, 2.75) is 64.0 Å². The lowest BCUT2D eigenvalue weighted by atomic mass is 9.72. The minimum absolute atomic E-state index is 0.547. The molecular formula is C17H26N+. The maximum absolute atomic E-state index is 2.67. The van der Waals surface area contributed by atoms with Gasteiger partial charge in [-0.05, 0) is 30.2 Å². The zero-order valence-corrected chi connectivity index (χ0v) is 11.8. The second-order valence-corrected chi connectivity index (χ2v) is 6.76. The molecule has 0 amide bonds. The highest BCUT2D eigenvalue weighted by Gasteiger charge is 2.40. The molecule has 1 saturated carbocycles. The Hall–Kier alpha value is -0.820. The zero-order chi connectivity index (χ0) is 12.6. The van der Waals surface area contributed by atoms with E-state index in [-0.39, 0.29) is 0 Å². The summed E-state index contributed by atoms with van der Waals surface area (Å²) >= 11 is 0. The highest BCUT2D eigenvalue weighted by Crippen LogP contribution is 2.38. The van der Waals surface area contributed by atoms with Crippen LogP contribution in [0.4, 0.5) is 0 Å². The Bertz CT molecular complexity index is 415. The Morgan fingerprint density at radius 3 is 2.61 bits per heavy atom. The zero-order valence-electron chi connectivity index (χ0n) is 11.8. The van der Waals surface area contributed by atoms with Gasteiger partial charge in [0, 0.05) is 24.8 Å². The molecule has 1 heteroatoms. The van der Waals surface area contributed by atoms with E-state index >= 15 is 0 Å². The predicted octanol–water partition coefficient (Wildman–Crippen LogP) is 3.21. The van der Waals surface area contributed by atoms with Crippen LogP contribution in [0.5, 0.6) is 0 Å². The van der Waals surface area contributed by atoms with Crippen molar-refractivity contribution in [3.63, 3.8) is 0 Å². The summed E-state index contributed by atoms with van der Waals surface area (Å²) < 4.78 is 0. The minimum atomic E-state index is 0.547. The van der Waals surface area contributed by atoms with Gasteiger partial charge in [-0.3, -0.25) is 0 Å². The predicted molar refractivity (Wildman–Crippen MR) is 75.5 cm³/mol. The molecule has 98 valence electrons. The SMILES string of the molecule is CC1CCC2(CC1)C[C@H](C)c1ccccc1C[NH2+]2. The maximum Gasteiger partial charge on any atom is 0.102 e. The molecule has 18 heavy (non-hydrogen) atoms. The quantitative estimate of drug-likeness (QED) is 0.722. The standard InChI is InChI=1S/C17H25N/c1-13-7-9-17(10-8-13)11-14(2)16-6-4-3-5-15(16)12-18-17/h3-6,13-14,18H,7-12H2,1-2H3/p+1/t13?,14-,17?/m0/s1. The van der Waals surface area contributed by atoms with Crippen molar-refractivity contribution in [3.8, 4) is 0 Å². The largest absolute Gasteiger partial charge is 0.338 e. The first-order chi connectivity index (χ1) is 8.69. The van der Waals surface area contributed by atoms with Gasteiger partial charge in [0.15, 0.2) is 0 Å². The van der Waals surface area contributed by atoms with Gasteiger partial charge in [-0.15, -0.1) is 0 Å². The van der Waals surface area contributed by atoms with Crippen molar-refractivity contribution < 1.29 is 5.32 Å². The summed E-state index contributed by atoms with van der Waals surface area (Å²) in [6, 6.07) is 9.07. The van der Waals surface area contributed by atoms with E-state index in [0.29, 0.717) is 5.54 Å². The van der Waals surface area contributed by atoms with Crippen LogP contribution in [0.15, 0.2) is 24.3 Å². The van der Waals surface area contributed by atoms with Gasteiger partial charge < -0.3 is 5.32 Å². The summed E-state index contributed by atoms with van der Waals surface area (Å²) in [6.45, 7) is 6.04. The number of nitrogens with two attached hydrogens (primary N) is 1. The Balaban J connectivity index is 1.84. The van der Waals surface area contributed by atoms with Gasteiger partial charge in [-0.25, -0.2) is 0 Å². The average molecular weight is 244 g/mol. The summed E-state index contributed by atoms with van der Waals surface area (Å²) in [6.07, 6.45) is 7.08. The van der Waals surface area contributed by atoms with Gasteiger partial charge in [-0.2, -0.15) is 0 Å². The number of hydrogen-bond acceptors (Lipinski definition) is 0. The van der Waals surface area contributed by atoms with Crippen LogP contribution in [-0.2, 0) is 6.54 Å². The molecule has 0 unspecified atom stereocenters. The van der Waals surface area contributed by atoms with Crippen molar-refractivity contribution in [1.82, 2.24) is 0 Å². The van der Waals surface area contributed by atoms with Crippen molar-refractivity contribution in [3.05, 3.63) is 35.4 Å². The summed E-state index contributed by atoms with van der Waals surface area (Å²) in [5, 5.41) is 2.67. The summed E-state index contributed by atoms with van der Waals surface area (Å²) in [5.41, 5.74) is 3.72. The van der Waals surface area contributed by atoms with E-state index in [4.69, 9.17) is 0 Å². The molecule has 1 atom stereocenters. The van der Waals surface area contributed by atoms with Crippen LogP contribution in [0.2, 0.25) is 0 Å². The molecule has 1 fully saturated rings. The van der Waals surface area contributed by atoms with Gasteiger partial charge in [0.2, 0.25) is 0 Å². The lowest BCUT2D eigenvalue weighted by molar-refractivity contribution is -0.745. The fourth-order valence-corrected chi connectivity index (χ4v) is 4.08. The van der Waals surface area contributed by atoms with Gasteiger partial charge in [0.05, 0.1) is 5.54 Å². The Kier molecular flexibility index (Phi) is 3.19. The molecule has 0 aromatic heterocycles. The maximum atomic E-state index is 2.67. The molecule has 1 aliphatic carbocycles. The summed E-state index contributed by atoms with van der Waals surface area (Å²) in [7, 11) is 0. The Morgan fingerprint density at radius 2 is 1.83 bits per heavy atom. The minimum Gasteiger partial charge on any atom is -0.338 e. The highest BCUT2D eigenvalue weighted by atomic mass is 15.0. The fourth-order valence-electron chi connectivity index (χ4n) is 4.08. The summed E-state index contributed by atoms with van der Waals surface area (Å²) in [5.74, 6) is 1.68. The Labute approximate surface area is 111 Å². The van der Waals surface area contributed by atoms with Crippen LogP contribution in [0.3, 0.4) is 0 Å². The van der Waals surface area contributed by atoms with Crippen LogP contribution in [-0.4, -0.2) is 5.54 Å². The molecule has 1 heterocycles. The molecule has 1 aromatic carbocycles. The molecule has 3 rings (SSSR count). The molecular weight excluding hydrogens is 218 g/mol. The van der Waals surface area contributed by atoms with Gasteiger partial charge >= 0.3 is 0 Å². The first-order valence-corrected chi connectivity index (χ1v) is 7.61. The third-order valence-electron chi connectivity index (χ3n) is 5.32. The topological polar surface area (TPSA) is 16.6 Å². The van der Waals surface area contributed by atoms with E-state index < -0.39 is 0 Å². The number of quaternary nitrogens is 1. The van der Waals surface area contributed by atoms with E-state index in [9.17, 15) is 0 Å². The normalized spacial score (nSPS) is 36.1. The molecule has 2 aliphatic rings. The second-order valence-electron chi connectivity index (χ2n) is 6.76. The molecule has 0 saturated heterocycles. The number of fused-ring (bicyclic) bond motifs is 1. The van der Waals surface area contributed by atoms with E-state index in [1.807, 2.05) is 0 Å². The third kappa shape index (κ3) is 2.21. The van der Waals surface area contributed by atoms with Gasteiger partial charge in [-0.1, -0.05) is 38.1 Å². The van der Waals surface area contributed by atoms with E-state index in [0.717, 1.165) is 11.8 Å². The van der Waals surface area contributed by atoms with Crippen molar-refractivity contribution in [2.24, 2.45) is 5.92 Å². The monoisotopic (exact) mass is 244 g/mol. The molecule has 0 radical (unpaired) electrons. The van der Waals surface area contributed by atoms with Crippen LogP contribution < -0.4 is 5.32 Å². The lowest BCUT2D eigenvalue weighted by Crippen LogP contribution is -2.95. The molecule has 2 N–H and O–H groups in total. The Morgan fingerprint density at radius 1 is 1.11 bits per heavy atom. The third-order valence-corrected chi connectivity index (χ3v) is 5.32. The first-order valence-electron chi connectivity index (χ1n) is 7.61. The highest BCUT2D eigenvalue weighted by molar-refractivity contribution is 5.30. The van der Waals surface area contributed by atoms with E-state index in [2.05, 4.69) is 43.4 Å². The van der Waals surface area contributed by atoms with Crippen molar-refractivity contribution in [2.75, 3.05) is 0 Å². The van der Waals surface area contributed by atoms with Crippen LogP contribution in [0.1, 0.15) is 63.0 Å². The van der Waals surface area contributed by atoms with Gasteiger partial charge in [0.1, 0.15) is 6.54 Å². The van der Waals surface area contributed by atoms with E-state index in [1.54, 1.807) is 11.1 Å². The fraction of sp³-hybridized carbons (Fsp3) is 0.647. The number of benzene rings is 1. The van der Waals surface area contributed by atoms with Crippen molar-refractivity contribution >= 4 is 0 Å². The molecule has 0 bridgehead atoms. The number of hydrogen-bond donors (Lipinski definition) is 1. The first kappa shape index (κ1) is 12.2. The average Bonchev–Trinajstić information content (AvgIpc) is 2.53. The molecule has 1 aliphatic heterocycles. The smallest absolute Gasteiger partial charge is 0.102 e. The van der Waals surface area contributed by atoms with E-state index in [1.165, 1.54) is 38.6 Å². The van der Waals surface area contributed by atoms with Gasteiger partial charge in [0.25, 0.3) is 0 Å². The van der Waals surface area contributed by atoms with Crippen LogP contribution in [0, 0.1) is 5.92 Å². The van der Waals surface area contributed by atoms with Crippen LogP contribution in [0.25, 0.3) is 0 Å². The molecule has 1 nitrogen and oxygen atoms in total. The second kappa shape index (κ2) is 4.70. The molecule has 1 aromatic rings. The van der Waals surface area contributed by atoms with Crippen LogP contribution >= 0.6 is 0 Å². The van der Waals surface area contributed by atoms with Crippen molar-refractivity contribution in [1.29, 1.82) is 0 Å². The molecule has 1 spiro atoms. The lowest BCUT2D eigenvalue weighted by Gasteiger charge is -2.37.